The summed E-state index contributed by atoms with van der Waals surface area (Å²) in [4.78, 5) is 11.5. The number of ether oxygens (including phenoxy) is 1. The minimum atomic E-state index is -3.52. The summed E-state index contributed by atoms with van der Waals surface area (Å²) in [6.07, 6.45) is -0.693. The van der Waals surface area contributed by atoms with E-state index in [1.165, 1.54) is 0 Å². The van der Waals surface area contributed by atoms with Crippen molar-refractivity contribution >= 4 is 21.8 Å². The van der Waals surface area contributed by atoms with Gasteiger partial charge in [-0.1, -0.05) is 36.4 Å². The molecule has 0 bridgehead atoms. The Balaban J connectivity index is 1.76. The molecule has 116 valence electrons. The predicted molar refractivity (Wildman–Crippen MR) is 84.3 cm³/mol. The van der Waals surface area contributed by atoms with Crippen molar-refractivity contribution in [3.8, 4) is 5.75 Å². The van der Waals surface area contributed by atoms with Gasteiger partial charge < -0.3 is 10.1 Å². The van der Waals surface area contributed by atoms with E-state index in [0.717, 1.165) is 0 Å². The highest BCUT2D eigenvalue weighted by molar-refractivity contribution is 7.92. The molecule has 0 aliphatic rings. The topological polar surface area (TPSA) is 84.5 Å². The fraction of sp³-hybridized carbons (Fsp3) is 0.133. The molecule has 0 radical (unpaired) electrons. The molecule has 0 saturated heterocycles. The lowest BCUT2D eigenvalue weighted by molar-refractivity contribution is 0.201. The Morgan fingerprint density at radius 1 is 0.955 bits per heavy atom. The summed E-state index contributed by atoms with van der Waals surface area (Å²) in [7, 11) is -3.52. The molecular formula is C15H16N2O4S. The molecule has 0 spiro atoms. The van der Waals surface area contributed by atoms with Crippen LogP contribution in [0.15, 0.2) is 60.7 Å². The number of sulfonamides is 1. The molecule has 1 amide bonds. The Kier molecular flexibility index (Phi) is 5.37. The van der Waals surface area contributed by atoms with Crippen LogP contribution in [0.25, 0.3) is 0 Å². The van der Waals surface area contributed by atoms with E-state index in [0.29, 0.717) is 11.4 Å². The van der Waals surface area contributed by atoms with E-state index in [9.17, 15) is 13.2 Å². The summed E-state index contributed by atoms with van der Waals surface area (Å²) >= 11 is 0. The van der Waals surface area contributed by atoms with Crippen LogP contribution in [0, 0.1) is 0 Å². The molecule has 0 fully saturated rings. The number of anilines is 1. The third-order valence-electron chi connectivity index (χ3n) is 2.64. The molecule has 22 heavy (non-hydrogen) atoms. The Bertz CT molecular complexity index is 703. The second-order valence-electron chi connectivity index (χ2n) is 4.42. The molecule has 2 aromatic rings. The van der Waals surface area contributed by atoms with Crippen LogP contribution in [0.3, 0.4) is 0 Å². The van der Waals surface area contributed by atoms with Gasteiger partial charge >= 0.3 is 6.09 Å². The van der Waals surface area contributed by atoms with Crippen molar-refractivity contribution in [2.45, 2.75) is 0 Å². The second kappa shape index (κ2) is 7.46. The van der Waals surface area contributed by atoms with Crippen molar-refractivity contribution in [2.24, 2.45) is 0 Å². The number of carbonyl (C=O) groups is 1. The van der Waals surface area contributed by atoms with Gasteiger partial charge in [-0.25, -0.2) is 13.2 Å². The van der Waals surface area contributed by atoms with Crippen LogP contribution in [-0.2, 0) is 10.0 Å². The first-order chi connectivity index (χ1) is 10.6. The molecule has 0 atom stereocenters. The molecule has 0 aliphatic carbocycles. The zero-order valence-corrected chi connectivity index (χ0v) is 12.5. The summed E-state index contributed by atoms with van der Waals surface area (Å²) < 4.78 is 31.1. The SMILES string of the molecule is O=C(NCCS(=O)(=O)Nc1ccccc1)Oc1ccccc1. The van der Waals surface area contributed by atoms with Gasteiger partial charge in [0.15, 0.2) is 0 Å². The summed E-state index contributed by atoms with van der Waals surface area (Å²) in [6.45, 7) is -0.0478. The standard InChI is InChI=1S/C15H16N2O4S/c18-15(21-14-9-5-2-6-10-14)16-11-12-22(19,20)17-13-7-3-1-4-8-13/h1-10,17H,11-12H2,(H,16,18). The van der Waals surface area contributed by atoms with Gasteiger partial charge in [0.1, 0.15) is 5.75 Å². The first-order valence-corrected chi connectivity index (χ1v) is 8.27. The van der Waals surface area contributed by atoms with Gasteiger partial charge in [0.2, 0.25) is 10.0 Å². The number of nitrogens with one attached hydrogen (secondary N) is 2. The number of rotatable bonds is 6. The largest absolute Gasteiger partial charge is 0.412 e. The summed E-state index contributed by atoms with van der Waals surface area (Å²) in [5.41, 5.74) is 0.481. The number of amides is 1. The van der Waals surface area contributed by atoms with Crippen molar-refractivity contribution in [2.75, 3.05) is 17.0 Å². The van der Waals surface area contributed by atoms with Crippen LogP contribution in [0.4, 0.5) is 10.5 Å². The first kappa shape index (κ1) is 15.8. The zero-order valence-electron chi connectivity index (χ0n) is 11.7. The van der Waals surface area contributed by atoms with Gasteiger partial charge in [-0.2, -0.15) is 0 Å². The van der Waals surface area contributed by atoms with Crippen LogP contribution in [0.5, 0.6) is 5.75 Å². The van der Waals surface area contributed by atoms with Crippen molar-refractivity contribution in [1.29, 1.82) is 0 Å². The average Bonchev–Trinajstić information content (AvgIpc) is 2.48. The smallest absolute Gasteiger partial charge is 0.410 e. The fourth-order valence-electron chi connectivity index (χ4n) is 1.66. The predicted octanol–water partition coefficient (Wildman–Crippen LogP) is 2.22. The minimum absolute atomic E-state index is 0.0478. The van der Waals surface area contributed by atoms with Gasteiger partial charge in [-0.15, -0.1) is 0 Å². The van der Waals surface area contributed by atoms with E-state index in [4.69, 9.17) is 4.74 Å². The molecule has 2 rings (SSSR count). The lowest BCUT2D eigenvalue weighted by Crippen LogP contribution is -2.33. The van der Waals surface area contributed by atoms with Crippen molar-refractivity contribution < 1.29 is 17.9 Å². The molecule has 0 aliphatic heterocycles. The van der Waals surface area contributed by atoms with Crippen LogP contribution in [0.1, 0.15) is 0 Å². The van der Waals surface area contributed by atoms with Gasteiger partial charge in [0.25, 0.3) is 0 Å². The Morgan fingerprint density at radius 2 is 1.55 bits per heavy atom. The summed E-state index contributed by atoms with van der Waals surface area (Å²) in [6, 6.07) is 17.1. The van der Waals surface area contributed by atoms with Crippen LogP contribution in [-0.4, -0.2) is 26.8 Å². The average molecular weight is 320 g/mol. The lowest BCUT2D eigenvalue weighted by atomic mass is 10.3. The number of carbonyl (C=O) groups excluding carboxylic acids is 1. The van der Waals surface area contributed by atoms with Gasteiger partial charge in [-0.05, 0) is 24.3 Å². The molecule has 6 nitrogen and oxygen atoms in total. The molecule has 0 heterocycles. The van der Waals surface area contributed by atoms with E-state index >= 15 is 0 Å². The number of hydrogen-bond donors (Lipinski definition) is 2. The highest BCUT2D eigenvalue weighted by Crippen LogP contribution is 2.09. The normalized spacial score (nSPS) is 10.7. The molecule has 7 heteroatoms. The van der Waals surface area contributed by atoms with Gasteiger partial charge in [0, 0.05) is 12.2 Å². The van der Waals surface area contributed by atoms with Crippen LogP contribution in [0.2, 0.25) is 0 Å². The van der Waals surface area contributed by atoms with Crippen molar-refractivity contribution in [1.82, 2.24) is 5.32 Å². The summed E-state index contributed by atoms with van der Waals surface area (Å²) in [5.74, 6) is 0.150. The van der Waals surface area contributed by atoms with Gasteiger partial charge in [-0.3, -0.25) is 4.72 Å². The van der Waals surface area contributed by atoms with E-state index < -0.39 is 16.1 Å². The fourth-order valence-corrected chi connectivity index (χ4v) is 2.62. The maximum atomic E-state index is 11.8. The molecule has 2 N–H and O–H groups in total. The minimum Gasteiger partial charge on any atom is -0.410 e. The highest BCUT2D eigenvalue weighted by Gasteiger charge is 2.11. The van der Waals surface area contributed by atoms with E-state index in [1.54, 1.807) is 60.7 Å². The number of hydrogen-bond acceptors (Lipinski definition) is 4. The molecule has 0 aromatic heterocycles. The molecular weight excluding hydrogens is 304 g/mol. The zero-order chi connectivity index (χ0) is 15.8. The van der Waals surface area contributed by atoms with Crippen LogP contribution >= 0.6 is 0 Å². The lowest BCUT2D eigenvalue weighted by Gasteiger charge is -2.09. The van der Waals surface area contributed by atoms with Crippen molar-refractivity contribution in [3.05, 3.63) is 60.7 Å². The Labute approximate surface area is 129 Å². The van der Waals surface area contributed by atoms with Gasteiger partial charge in [0.05, 0.1) is 5.75 Å². The molecule has 2 aromatic carbocycles. The third-order valence-corrected chi connectivity index (χ3v) is 3.93. The Morgan fingerprint density at radius 3 is 2.18 bits per heavy atom. The first-order valence-electron chi connectivity index (χ1n) is 6.61. The number of benzene rings is 2. The van der Waals surface area contributed by atoms with Crippen molar-refractivity contribution in [3.63, 3.8) is 0 Å². The van der Waals surface area contributed by atoms with E-state index in [-0.39, 0.29) is 12.3 Å². The van der Waals surface area contributed by atoms with Crippen LogP contribution < -0.4 is 14.8 Å². The Hall–Kier alpha value is -2.54. The quantitative estimate of drug-likeness (QED) is 0.854. The maximum Gasteiger partial charge on any atom is 0.412 e. The third kappa shape index (κ3) is 5.45. The monoisotopic (exact) mass is 320 g/mol. The summed E-state index contributed by atoms with van der Waals surface area (Å²) in [5, 5.41) is 2.39. The molecule has 0 unspecified atom stereocenters. The highest BCUT2D eigenvalue weighted by atomic mass is 32.2. The maximum absolute atomic E-state index is 11.8. The van der Waals surface area contributed by atoms with E-state index in [1.807, 2.05) is 0 Å². The van der Waals surface area contributed by atoms with E-state index in [2.05, 4.69) is 10.0 Å². The second-order valence-corrected chi connectivity index (χ2v) is 6.26. The number of para-hydroxylation sites is 2. The molecule has 0 saturated carbocycles.